The van der Waals surface area contributed by atoms with Crippen LogP contribution in [0.15, 0.2) is 36.4 Å². The standard InChI is InChI=1S/2C8H10N2O3.2ClH/c2*1-9-5-6-2-3-8(11)7(4-6)10(12)13;;/h2*2-4,9,11H,5H2,1H3;2*1H. The number of nitrogens with zero attached hydrogens (tertiary/aromatic N) is 2. The van der Waals surface area contributed by atoms with E-state index in [1.54, 1.807) is 12.1 Å². The van der Waals surface area contributed by atoms with Crippen molar-refractivity contribution < 1.29 is 55.5 Å². The van der Waals surface area contributed by atoms with E-state index in [0.717, 1.165) is 11.1 Å². The zero-order valence-corrected chi connectivity index (χ0v) is 16.7. The number of phenols is 2. The lowest BCUT2D eigenvalue weighted by atomic mass is 10.2. The molecule has 156 valence electrons. The molecule has 0 saturated heterocycles. The number of aromatic hydroxyl groups is 2. The molecule has 12 heteroatoms. The smallest absolute Gasteiger partial charge is 0.311 e. The number of nitro benzene ring substituents is 2. The van der Waals surface area contributed by atoms with Crippen molar-refractivity contribution in [1.82, 2.24) is 0 Å². The lowest BCUT2D eigenvalue weighted by Crippen LogP contribution is -3.00. The second-order valence-corrected chi connectivity index (χ2v) is 5.39. The monoisotopic (exact) mass is 436 g/mol. The molecule has 28 heavy (non-hydrogen) atoms. The molecule has 0 heterocycles. The summed E-state index contributed by atoms with van der Waals surface area (Å²) in [5, 5.41) is 42.9. The van der Waals surface area contributed by atoms with Crippen molar-refractivity contribution in [1.29, 1.82) is 0 Å². The van der Waals surface area contributed by atoms with Gasteiger partial charge in [0.2, 0.25) is 0 Å². The van der Waals surface area contributed by atoms with Gasteiger partial charge in [0.15, 0.2) is 11.5 Å². The van der Waals surface area contributed by atoms with Crippen LogP contribution < -0.4 is 35.4 Å². The Morgan fingerprint density at radius 1 is 0.786 bits per heavy atom. The number of hydrogen-bond donors (Lipinski definition) is 4. The SMILES string of the molecule is C[NH2+]Cc1ccc(O)c([N+](=O)[O-])c1.C[NH2+]Cc1ccc(O)c([N+](=O)[O-])c1.[Cl-].[Cl-]. The first-order valence-corrected chi connectivity index (χ1v) is 7.78. The van der Waals surface area contributed by atoms with Crippen LogP contribution in [0.5, 0.6) is 11.5 Å². The predicted octanol–water partition coefficient (Wildman–Crippen LogP) is -6.00. The maximum Gasteiger partial charge on any atom is 0.311 e. The average molecular weight is 437 g/mol. The lowest BCUT2D eigenvalue weighted by molar-refractivity contribution is -0.643. The Balaban J connectivity index is 0. The molecule has 0 bridgehead atoms. The molecule has 0 atom stereocenters. The van der Waals surface area contributed by atoms with Gasteiger partial charge in [0.1, 0.15) is 13.1 Å². The first-order valence-electron chi connectivity index (χ1n) is 7.78. The summed E-state index contributed by atoms with van der Waals surface area (Å²) in [5.74, 6) is -0.574. The van der Waals surface area contributed by atoms with Crippen molar-refractivity contribution in [2.24, 2.45) is 0 Å². The van der Waals surface area contributed by atoms with Crippen LogP contribution in [0, 0.1) is 20.2 Å². The summed E-state index contributed by atoms with van der Waals surface area (Å²) < 4.78 is 0. The van der Waals surface area contributed by atoms with Gasteiger partial charge in [0.05, 0.1) is 23.9 Å². The molecule has 0 amide bonds. The molecule has 0 aliphatic rings. The number of nitro groups is 2. The van der Waals surface area contributed by atoms with Gasteiger partial charge in [0.25, 0.3) is 0 Å². The van der Waals surface area contributed by atoms with Crippen LogP contribution in [0.4, 0.5) is 11.4 Å². The van der Waals surface area contributed by atoms with E-state index in [1.165, 1.54) is 24.3 Å². The van der Waals surface area contributed by atoms with E-state index < -0.39 is 9.85 Å². The van der Waals surface area contributed by atoms with Crippen molar-refractivity contribution in [3.05, 3.63) is 67.8 Å². The second kappa shape index (κ2) is 13.5. The Bertz CT molecular complexity index is 726. The fourth-order valence-electron chi connectivity index (χ4n) is 2.16. The predicted molar refractivity (Wildman–Crippen MR) is 92.6 cm³/mol. The van der Waals surface area contributed by atoms with E-state index in [2.05, 4.69) is 0 Å². The van der Waals surface area contributed by atoms with E-state index in [-0.39, 0.29) is 47.7 Å². The van der Waals surface area contributed by atoms with E-state index in [9.17, 15) is 20.2 Å². The number of phenolic OH excluding ortho intramolecular Hbond substituents is 2. The van der Waals surface area contributed by atoms with Crippen molar-refractivity contribution in [3.8, 4) is 11.5 Å². The third-order valence-corrected chi connectivity index (χ3v) is 3.35. The third-order valence-electron chi connectivity index (χ3n) is 3.35. The summed E-state index contributed by atoms with van der Waals surface area (Å²) in [4.78, 5) is 19.6. The van der Waals surface area contributed by atoms with Gasteiger partial charge in [-0.3, -0.25) is 20.2 Å². The Hall–Kier alpha value is -2.66. The minimum atomic E-state index is -0.589. The van der Waals surface area contributed by atoms with Gasteiger partial charge < -0.3 is 45.7 Å². The minimum Gasteiger partial charge on any atom is -1.00 e. The molecule has 6 N–H and O–H groups in total. The van der Waals surface area contributed by atoms with Crippen molar-refractivity contribution in [2.45, 2.75) is 13.1 Å². The molecule has 2 aromatic rings. The molecule has 0 saturated carbocycles. The van der Waals surface area contributed by atoms with Gasteiger partial charge in [-0.2, -0.15) is 0 Å². The van der Waals surface area contributed by atoms with Crippen molar-refractivity contribution >= 4 is 11.4 Å². The van der Waals surface area contributed by atoms with Gasteiger partial charge in [-0.1, -0.05) is 0 Å². The van der Waals surface area contributed by atoms with E-state index in [1.807, 2.05) is 24.7 Å². The van der Waals surface area contributed by atoms with Crippen LogP contribution in [-0.2, 0) is 13.1 Å². The second-order valence-electron chi connectivity index (χ2n) is 5.39. The number of benzene rings is 2. The van der Waals surface area contributed by atoms with Gasteiger partial charge in [-0.05, 0) is 24.3 Å². The van der Waals surface area contributed by atoms with Crippen molar-refractivity contribution in [2.75, 3.05) is 14.1 Å². The normalized spacial score (nSPS) is 9.21. The van der Waals surface area contributed by atoms with Crippen LogP contribution in [0.3, 0.4) is 0 Å². The Kier molecular flexibility index (Phi) is 13.3. The molecular weight excluding hydrogens is 415 g/mol. The average Bonchev–Trinajstić information content (AvgIpc) is 2.59. The molecule has 0 radical (unpaired) electrons. The van der Waals surface area contributed by atoms with Crippen LogP contribution in [0.1, 0.15) is 11.1 Å². The highest BCUT2D eigenvalue weighted by Crippen LogP contribution is 2.26. The molecule has 0 fully saturated rings. The number of quaternary nitrogens is 2. The minimum absolute atomic E-state index is 0. The van der Waals surface area contributed by atoms with Crippen molar-refractivity contribution in [3.63, 3.8) is 0 Å². The number of rotatable bonds is 6. The zero-order chi connectivity index (χ0) is 19.7. The topological polar surface area (TPSA) is 160 Å². The number of hydrogen-bond acceptors (Lipinski definition) is 6. The number of halogens is 2. The summed E-state index contributed by atoms with van der Waals surface area (Å²) in [6.07, 6.45) is 0. The maximum absolute atomic E-state index is 10.4. The van der Waals surface area contributed by atoms with E-state index in [4.69, 9.17) is 10.2 Å². The summed E-state index contributed by atoms with van der Waals surface area (Å²) in [5.41, 5.74) is 1.18. The molecule has 0 spiro atoms. The Morgan fingerprint density at radius 2 is 1.11 bits per heavy atom. The third kappa shape index (κ3) is 8.35. The summed E-state index contributed by atoms with van der Waals surface area (Å²) >= 11 is 0. The zero-order valence-electron chi connectivity index (χ0n) is 15.2. The molecule has 0 aliphatic heterocycles. The van der Waals surface area contributed by atoms with Crippen LogP contribution in [-0.4, -0.2) is 34.2 Å². The van der Waals surface area contributed by atoms with Gasteiger partial charge >= 0.3 is 11.4 Å². The highest BCUT2D eigenvalue weighted by atomic mass is 35.5. The Morgan fingerprint density at radius 3 is 1.36 bits per heavy atom. The quantitative estimate of drug-likeness (QED) is 0.260. The molecule has 10 nitrogen and oxygen atoms in total. The highest BCUT2D eigenvalue weighted by molar-refractivity contribution is 5.48. The van der Waals surface area contributed by atoms with E-state index >= 15 is 0 Å². The molecule has 0 aliphatic carbocycles. The maximum atomic E-state index is 10.4. The summed E-state index contributed by atoms with van der Waals surface area (Å²) in [6, 6.07) is 8.79. The molecule has 2 aromatic carbocycles. The van der Waals surface area contributed by atoms with Crippen LogP contribution >= 0.6 is 0 Å². The summed E-state index contributed by atoms with van der Waals surface area (Å²) in [6.45, 7) is 1.34. The van der Waals surface area contributed by atoms with Crippen LogP contribution in [0.2, 0.25) is 0 Å². The lowest BCUT2D eigenvalue weighted by Gasteiger charge is -1.99. The highest BCUT2D eigenvalue weighted by Gasteiger charge is 2.14. The van der Waals surface area contributed by atoms with Gasteiger partial charge in [-0.15, -0.1) is 0 Å². The Labute approximate surface area is 173 Å². The fraction of sp³-hybridized carbons (Fsp3) is 0.250. The molecular formula is C16H22Cl2N4O6. The van der Waals surface area contributed by atoms with Gasteiger partial charge in [0, 0.05) is 23.3 Å². The van der Waals surface area contributed by atoms with E-state index in [0.29, 0.717) is 13.1 Å². The molecule has 0 aromatic heterocycles. The first kappa shape index (κ1) is 27.6. The summed E-state index contributed by atoms with van der Waals surface area (Å²) in [7, 11) is 3.75. The van der Waals surface area contributed by atoms with Gasteiger partial charge in [-0.25, -0.2) is 0 Å². The van der Waals surface area contributed by atoms with Crippen LogP contribution in [0.25, 0.3) is 0 Å². The first-order chi connectivity index (χ1) is 12.3. The number of nitrogens with two attached hydrogens (primary N) is 2. The largest absolute Gasteiger partial charge is 1.00 e. The fourth-order valence-corrected chi connectivity index (χ4v) is 2.16. The molecule has 2 rings (SSSR count). The molecule has 0 unspecified atom stereocenters.